The summed E-state index contributed by atoms with van der Waals surface area (Å²) in [5.41, 5.74) is 5.88. The number of ether oxygens (including phenoxy) is 3. The Bertz CT molecular complexity index is 1620. The summed E-state index contributed by atoms with van der Waals surface area (Å²) in [6, 6.07) is 30.6. The highest BCUT2D eigenvalue weighted by Gasteiger charge is 2.38. The van der Waals surface area contributed by atoms with Crippen LogP contribution in [0.5, 0.6) is 0 Å². The Kier molecular flexibility index (Phi) is 11.3. The maximum absolute atomic E-state index is 12.0. The molecule has 9 heteroatoms. The van der Waals surface area contributed by atoms with Gasteiger partial charge in [-0.3, -0.25) is 0 Å². The largest absolute Gasteiger partial charge is 0.478 e. The van der Waals surface area contributed by atoms with Crippen LogP contribution in [0.2, 0.25) is 0 Å². The number of aromatic carboxylic acids is 1. The minimum absolute atomic E-state index is 0.0128. The maximum Gasteiger partial charge on any atom is 0.407 e. The standard InChI is InChI=1S/C37H37NO7S/c1-3-20-43-37(42)38-21-30-6-4-5-7-32(30)26-12-14-29(15-13-26)36-44-33(23-46-31-18-16-28(17-19-31)35(40)41)24(2)34(45-36)27-10-8-25(22-39)9-11-27/h3-19,24,33-34,36,39H,1,20-23H2,2H3,(H,38,42)(H,40,41)/t24-,33+,34+,36+/m0/s1. The van der Waals surface area contributed by atoms with E-state index < -0.39 is 18.4 Å². The van der Waals surface area contributed by atoms with Crippen LogP contribution in [-0.4, -0.2) is 40.7 Å². The number of aliphatic hydroxyl groups is 1. The summed E-state index contributed by atoms with van der Waals surface area (Å²) in [4.78, 5) is 24.2. The molecule has 5 rings (SSSR count). The van der Waals surface area contributed by atoms with Crippen molar-refractivity contribution >= 4 is 23.8 Å². The Morgan fingerprint density at radius 2 is 1.63 bits per heavy atom. The second-order valence-corrected chi connectivity index (χ2v) is 12.1. The van der Waals surface area contributed by atoms with E-state index in [-0.39, 0.29) is 36.9 Å². The van der Waals surface area contributed by atoms with Gasteiger partial charge in [0.05, 0.1) is 24.4 Å². The first-order chi connectivity index (χ1) is 22.4. The van der Waals surface area contributed by atoms with E-state index >= 15 is 0 Å². The summed E-state index contributed by atoms with van der Waals surface area (Å²) >= 11 is 1.61. The van der Waals surface area contributed by atoms with Crippen molar-refractivity contribution in [2.45, 2.75) is 43.5 Å². The molecule has 1 saturated heterocycles. The fourth-order valence-electron chi connectivity index (χ4n) is 5.31. The van der Waals surface area contributed by atoms with Crippen LogP contribution < -0.4 is 5.32 Å². The number of carboxylic acids is 1. The highest BCUT2D eigenvalue weighted by Crippen LogP contribution is 2.43. The molecule has 0 saturated carbocycles. The lowest BCUT2D eigenvalue weighted by atomic mass is 9.91. The number of carbonyl (C=O) groups excluding carboxylic acids is 1. The molecule has 238 valence electrons. The zero-order valence-corrected chi connectivity index (χ0v) is 26.3. The van der Waals surface area contributed by atoms with E-state index in [0.717, 1.165) is 38.3 Å². The van der Waals surface area contributed by atoms with E-state index in [9.17, 15) is 19.8 Å². The number of aliphatic hydroxyl groups excluding tert-OH is 1. The molecule has 0 unspecified atom stereocenters. The summed E-state index contributed by atoms with van der Waals surface area (Å²) in [6.45, 7) is 6.10. The van der Waals surface area contributed by atoms with E-state index in [2.05, 4.69) is 18.8 Å². The number of alkyl carbamates (subject to hydrolysis) is 1. The lowest BCUT2D eigenvalue weighted by molar-refractivity contribution is -0.268. The number of hydrogen-bond donors (Lipinski definition) is 3. The number of rotatable bonds is 12. The van der Waals surface area contributed by atoms with E-state index in [1.54, 1.807) is 23.9 Å². The van der Waals surface area contributed by atoms with Gasteiger partial charge in [-0.2, -0.15) is 0 Å². The van der Waals surface area contributed by atoms with Crippen LogP contribution >= 0.6 is 11.8 Å². The third-order valence-corrected chi connectivity index (χ3v) is 9.01. The lowest BCUT2D eigenvalue weighted by Gasteiger charge is -2.41. The van der Waals surface area contributed by atoms with Gasteiger partial charge in [0.1, 0.15) is 6.61 Å². The van der Waals surface area contributed by atoms with Gasteiger partial charge in [0.25, 0.3) is 0 Å². The maximum atomic E-state index is 12.0. The molecule has 1 heterocycles. The second kappa shape index (κ2) is 15.7. The van der Waals surface area contributed by atoms with E-state index in [1.165, 1.54) is 6.08 Å². The molecule has 46 heavy (non-hydrogen) atoms. The minimum Gasteiger partial charge on any atom is -0.478 e. The van der Waals surface area contributed by atoms with Crippen molar-refractivity contribution in [2.75, 3.05) is 12.4 Å². The average molecular weight is 640 g/mol. The predicted octanol–water partition coefficient (Wildman–Crippen LogP) is 7.54. The molecule has 1 aliphatic heterocycles. The van der Waals surface area contributed by atoms with Crippen LogP contribution in [-0.2, 0) is 27.4 Å². The van der Waals surface area contributed by atoms with Gasteiger partial charge in [-0.25, -0.2) is 9.59 Å². The van der Waals surface area contributed by atoms with Crippen molar-refractivity contribution < 1.29 is 34.0 Å². The van der Waals surface area contributed by atoms with Gasteiger partial charge < -0.3 is 29.7 Å². The monoisotopic (exact) mass is 639 g/mol. The van der Waals surface area contributed by atoms with E-state index in [0.29, 0.717) is 12.3 Å². The molecule has 3 N–H and O–H groups in total. The van der Waals surface area contributed by atoms with Crippen molar-refractivity contribution in [3.63, 3.8) is 0 Å². The quantitative estimate of drug-likeness (QED) is 0.108. The Morgan fingerprint density at radius 3 is 2.30 bits per heavy atom. The number of carbonyl (C=O) groups is 2. The molecular weight excluding hydrogens is 602 g/mol. The van der Waals surface area contributed by atoms with Gasteiger partial charge in [0, 0.05) is 28.7 Å². The van der Waals surface area contributed by atoms with Gasteiger partial charge >= 0.3 is 12.1 Å². The first kappa shape index (κ1) is 33.0. The van der Waals surface area contributed by atoms with Gasteiger partial charge in [-0.15, -0.1) is 11.8 Å². The number of carboxylic acid groups (broad SMARTS) is 1. The van der Waals surface area contributed by atoms with Gasteiger partial charge in [-0.05, 0) is 52.1 Å². The summed E-state index contributed by atoms with van der Waals surface area (Å²) in [7, 11) is 0. The van der Waals surface area contributed by atoms with Crippen molar-refractivity contribution in [1.82, 2.24) is 5.32 Å². The molecule has 1 aliphatic rings. The number of amides is 1. The number of hydrogen-bond acceptors (Lipinski definition) is 7. The zero-order chi connectivity index (χ0) is 32.5. The Morgan fingerprint density at radius 1 is 0.935 bits per heavy atom. The molecule has 0 radical (unpaired) electrons. The molecule has 8 nitrogen and oxygen atoms in total. The smallest absolute Gasteiger partial charge is 0.407 e. The second-order valence-electron chi connectivity index (χ2n) is 11.0. The molecule has 0 spiro atoms. The van der Waals surface area contributed by atoms with Gasteiger partial charge in [0.2, 0.25) is 0 Å². The zero-order valence-electron chi connectivity index (χ0n) is 25.5. The normalized spacial score (nSPS) is 19.3. The minimum atomic E-state index is -0.953. The number of nitrogens with one attached hydrogen (secondary N) is 1. The molecule has 1 fully saturated rings. The summed E-state index contributed by atoms with van der Waals surface area (Å²) in [5, 5.41) is 21.6. The van der Waals surface area contributed by atoms with Crippen molar-refractivity contribution in [1.29, 1.82) is 0 Å². The third-order valence-electron chi connectivity index (χ3n) is 7.91. The fraction of sp³-hybridized carbons (Fsp3) is 0.243. The molecule has 0 aliphatic carbocycles. The Hall–Kier alpha value is -4.41. The fourth-order valence-corrected chi connectivity index (χ4v) is 6.38. The van der Waals surface area contributed by atoms with Gasteiger partial charge in [-0.1, -0.05) is 92.4 Å². The van der Waals surface area contributed by atoms with Crippen molar-refractivity contribution in [3.8, 4) is 11.1 Å². The highest BCUT2D eigenvalue weighted by atomic mass is 32.2. The summed E-state index contributed by atoms with van der Waals surface area (Å²) < 4.78 is 18.2. The third kappa shape index (κ3) is 8.24. The van der Waals surface area contributed by atoms with E-state index in [4.69, 9.17) is 14.2 Å². The molecule has 4 aromatic carbocycles. The lowest BCUT2D eigenvalue weighted by Crippen LogP contribution is -2.38. The molecule has 1 amide bonds. The van der Waals surface area contributed by atoms with Crippen molar-refractivity contribution in [2.24, 2.45) is 5.92 Å². The van der Waals surface area contributed by atoms with Crippen LogP contribution in [0.3, 0.4) is 0 Å². The van der Waals surface area contributed by atoms with Crippen LogP contribution in [0.4, 0.5) is 4.79 Å². The summed E-state index contributed by atoms with van der Waals surface area (Å²) in [5.74, 6) is -0.295. The number of thioether (sulfide) groups is 1. The molecule has 0 aromatic heterocycles. The Labute approximate surface area is 273 Å². The molecule has 4 atom stereocenters. The first-order valence-electron chi connectivity index (χ1n) is 15.0. The summed E-state index contributed by atoms with van der Waals surface area (Å²) in [6.07, 6.45) is -0.0231. The van der Waals surface area contributed by atoms with Crippen LogP contribution in [0, 0.1) is 5.92 Å². The van der Waals surface area contributed by atoms with Crippen LogP contribution in [0.1, 0.15) is 51.9 Å². The van der Waals surface area contributed by atoms with Crippen LogP contribution in [0.15, 0.2) is 115 Å². The molecule has 0 bridgehead atoms. The number of benzene rings is 4. The average Bonchev–Trinajstić information content (AvgIpc) is 3.10. The first-order valence-corrected chi connectivity index (χ1v) is 16.0. The topological polar surface area (TPSA) is 114 Å². The van der Waals surface area contributed by atoms with E-state index in [1.807, 2.05) is 84.9 Å². The van der Waals surface area contributed by atoms with Gasteiger partial charge in [0.15, 0.2) is 6.29 Å². The SMILES string of the molecule is C=CCOC(=O)NCc1ccccc1-c1ccc([C@@H]2O[C@H](CSc3ccc(C(=O)O)cc3)[C@H](C)[C@H](c3ccc(CO)cc3)O2)cc1. The predicted molar refractivity (Wildman–Crippen MR) is 177 cm³/mol. The Balaban J connectivity index is 1.35. The van der Waals surface area contributed by atoms with Crippen molar-refractivity contribution in [3.05, 3.63) is 138 Å². The highest BCUT2D eigenvalue weighted by molar-refractivity contribution is 7.99. The molecule has 4 aromatic rings. The molecular formula is C37H37NO7S. The van der Waals surface area contributed by atoms with Crippen LogP contribution in [0.25, 0.3) is 11.1 Å².